The summed E-state index contributed by atoms with van der Waals surface area (Å²) in [6.07, 6.45) is 6.54. The van der Waals surface area contributed by atoms with Gasteiger partial charge in [0.2, 0.25) is 0 Å². The van der Waals surface area contributed by atoms with Crippen molar-refractivity contribution in [2.75, 3.05) is 7.11 Å². The second-order valence-corrected chi connectivity index (χ2v) is 5.99. The van der Waals surface area contributed by atoms with Gasteiger partial charge in [-0.15, -0.1) is 0 Å². The molecule has 3 heterocycles. The van der Waals surface area contributed by atoms with E-state index in [1.165, 1.54) is 7.11 Å². The summed E-state index contributed by atoms with van der Waals surface area (Å²) in [7, 11) is 3.14. The third-order valence-electron chi connectivity index (χ3n) is 4.17. The maximum Gasteiger partial charge on any atom is 0.168 e. The molecule has 134 valence electrons. The molecule has 1 aromatic carbocycles. The molecule has 0 radical (unpaired) electrons. The smallest absolute Gasteiger partial charge is 0.168 e. The zero-order chi connectivity index (χ0) is 22.3. The van der Waals surface area contributed by atoms with Crippen molar-refractivity contribution in [1.29, 1.82) is 0 Å². The van der Waals surface area contributed by atoms with Crippen LogP contribution >= 0.6 is 0 Å². The number of ketones is 1. The molecule has 4 aromatic rings. The van der Waals surface area contributed by atoms with Crippen molar-refractivity contribution in [3.8, 4) is 17.1 Å². The molecule has 0 saturated heterocycles. The van der Waals surface area contributed by atoms with Gasteiger partial charge in [0.15, 0.2) is 5.78 Å². The van der Waals surface area contributed by atoms with E-state index in [0.717, 1.165) is 22.2 Å². The zero-order valence-electron chi connectivity index (χ0n) is 18.8. The quantitative estimate of drug-likeness (QED) is 0.509. The number of rotatable bonds is 5. The highest BCUT2D eigenvalue weighted by molar-refractivity contribution is 5.98. The van der Waals surface area contributed by atoms with E-state index in [9.17, 15) is 4.79 Å². The van der Waals surface area contributed by atoms with Gasteiger partial charge < -0.3 is 9.30 Å². The van der Waals surface area contributed by atoms with E-state index in [1.54, 1.807) is 31.0 Å². The molecule has 0 unspecified atom stereocenters. The van der Waals surface area contributed by atoms with Crippen LogP contribution in [0.3, 0.4) is 0 Å². The Morgan fingerprint density at radius 3 is 2.59 bits per heavy atom. The van der Waals surface area contributed by atoms with Crippen molar-refractivity contribution in [2.45, 2.75) is 6.42 Å². The van der Waals surface area contributed by atoms with Crippen molar-refractivity contribution >= 4 is 16.6 Å². The van der Waals surface area contributed by atoms with E-state index in [1.807, 2.05) is 17.7 Å². The van der Waals surface area contributed by atoms with Crippen molar-refractivity contribution in [3.05, 3.63) is 72.5 Å². The van der Waals surface area contributed by atoms with Crippen LogP contribution in [-0.4, -0.2) is 32.4 Å². The van der Waals surface area contributed by atoms with Crippen LogP contribution in [0.5, 0.6) is 5.75 Å². The van der Waals surface area contributed by atoms with E-state index in [0.29, 0.717) is 5.69 Å². The Hall–Kier alpha value is -3.54. The average molecular weight is 362 g/mol. The fourth-order valence-electron chi connectivity index (χ4n) is 2.72. The standard InChI is InChI=1S/C21H18N4O2/c1-25-13-22-12-20(25)19-8-15-7-17(23-10-16(15)11-24-19)9-21(26)14-3-5-18(27-2)6-4-14/h3-8,10-13H,9H2,1-2H3/i3D,4D,5D,6D. The number of ether oxygens (including phenoxy) is 1. The molecule has 27 heavy (non-hydrogen) atoms. The van der Waals surface area contributed by atoms with Crippen molar-refractivity contribution < 1.29 is 15.0 Å². The Labute approximate surface area is 162 Å². The number of aromatic nitrogens is 4. The molecule has 0 atom stereocenters. The lowest BCUT2D eigenvalue weighted by atomic mass is 10.0. The number of aryl methyl sites for hydroxylation is 1. The minimum absolute atomic E-state index is 0.164. The molecule has 6 nitrogen and oxygen atoms in total. The fourth-order valence-corrected chi connectivity index (χ4v) is 2.72. The van der Waals surface area contributed by atoms with Gasteiger partial charge >= 0.3 is 0 Å². The number of pyridine rings is 2. The summed E-state index contributed by atoms with van der Waals surface area (Å²) >= 11 is 0. The molecule has 0 aliphatic rings. The van der Waals surface area contributed by atoms with E-state index in [-0.39, 0.29) is 29.8 Å². The first-order chi connectivity index (χ1) is 14.8. The molecule has 6 heteroatoms. The van der Waals surface area contributed by atoms with Crippen LogP contribution in [-0.2, 0) is 13.5 Å². The van der Waals surface area contributed by atoms with Gasteiger partial charge in [-0.2, -0.15) is 0 Å². The summed E-state index contributed by atoms with van der Waals surface area (Å²) in [5.41, 5.74) is 1.75. The fraction of sp³-hybridized carbons (Fsp3) is 0.143. The van der Waals surface area contributed by atoms with Crippen LogP contribution in [0.2, 0.25) is 0 Å². The molecule has 0 aliphatic heterocycles. The van der Waals surface area contributed by atoms with Gasteiger partial charge in [0.05, 0.1) is 42.9 Å². The topological polar surface area (TPSA) is 69.9 Å². The number of methoxy groups -OCH3 is 1. The van der Waals surface area contributed by atoms with Crippen LogP contribution in [0.1, 0.15) is 21.5 Å². The highest BCUT2D eigenvalue weighted by Crippen LogP contribution is 2.22. The highest BCUT2D eigenvalue weighted by Gasteiger charge is 2.10. The molecule has 0 spiro atoms. The number of fused-ring (bicyclic) bond motifs is 1. The Morgan fingerprint density at radius 2 is 1.89 bits per heavy atom. The lowest BCUT2D eigenvalue weighted by Crippen LogP contribution is -2.05. The van der Waals surface area contributed by atoms with Crippen molar-refractivity contribution in [2.24, 2.45) is 7.05 Å². The largest absolute Gasteiger partial charge is 0.497 e. The average Bonchev–Trinajstić information content (AvgIpc) is 3.18. The number of benzene rings is 1. The van der Waals surface area contributed by atoms with E-state index < -0.39 is 17.9 Å². The summed E-state index contributed by atoms with van der Waals surface area (Å²) in [6, 6.07) is 2.02. The SMILES string of the molecule is [2H]c1c([2H])c(C(=O)Cc2cc3cc(-c4cncn4C)ncc3cn2)c([2H])c([2H])c1OC. The molecule has 4 rings (SSSR count). The number of hydrogen-bond donors (Lipinski definition) is 0. The normalized spacial score (nSPS) is 13.0. The molecular formula is C21H18N4O2. The summed E-state index contributed by atoms with van der Waals surface area (Å²) in [6.45, 7) is 0. The number of carbonyl (C=O) groups excluding carboxylic acids is 1. The highest BCUT2D eigenvalue weighted by atomic mass is 16.5. The van der Waals surface area contributed by atoms with Gasteiger partial charge in [-0.05, 0) is 41.7 Å². The Kier molecular flexibility index (Phi) is 3.30. The van der Waals surface area contributed by atoms with Crippen LogP contribution in [0.25, 0.3) is 22.2 Å². The van der Waals surface area contributed by atoms with E-state index in [2.05, 4.69) is 15.0 Å². The summed E-state index contributed by atoms with van der Waals surface area (Å²) in [5, 5.41) is 1.63. The Morgan fingerprint density at radius 1 is 1.11 bits per heavy atom. The third-order valence-corrected chi connectivity index (χ3v) is 4.17. The first kappa shape index (κ1) is 12.8. The molecule has 0 amide bonds. The first-order valence-electron chi connectivity index (χ1n) is 10.2. The second kappa shape index (κ2) is 6.99. The van der Waals surface area contributed by atoms with Crippen LogP contribution < -0.4 is 4.74 Å². The minimum atomic E-state index is -0.549. The molecule has 0 bridgehead atoms. The van der Waals surface area contributed by atoms with E-state index in [4.69, 9.17) is 10.2 Å². The minimum Gasteiger partial charge on any atom is -0.497 e. The Bertz CT molecular complexity index is 1310. The molecular weight excluding hydrogens is 340 g/mol. The second-order valence-electron chi connectivity index (χ2n) is 5.99. The molecule has 0 aliphatic carbocycles. The lowest BCUT2D eigenvalue weighted by Gasteiger charge is -2.06. The molecule has 0 fully saturated rings. The molecule has 0 N–H and O–H groups in total. The number of carbonyl (C=O) groups is 1. The maximum atomic E-state index is 12.9. The van der Waals surface area contributed by atoms with E-state index >= 15 is 0 Å². The zero-order valence-corrected chi connectivity index (χ0v) is 14.8. The number of imidazole rings is 1. The molecule has 0 saturated carbocycles. The summed E-state index contributed by atoms with van der Waals surface area (Å²) in [5.74, 6) is -0.738. The monoisotopic (exact) mass is 362 g/mol. The molecule has 3 aromatic heterocycles. The van der Waals surface area contributed by atoms with Crippen molar-refractivity contribution in [3.63, 3.8) is 0 Å². The van der Waals surface area contributed by atoms with Gasteiger partial charge in [0.25, 0.3) is 0 Å². The maximum absolute atomic E-state index is 12.9. The van der Waals surface area contributed by atoms with Gasteiger partial charge in [-0.1, -0.05) is 0 Å². The third kappa shape index (κ3) is 3.42. The van der Waals surface area contributed by atoms with Crippen LogP contribution in [0, 0.1) is 0 Å². The van der Waals surface area contributed by atoms with Gasteiger partial charge in [0, 0.05) is 36.1 Å². The predicted octanol–water partition coefficient (Wildman–Crippen LogP) is 3.46. The first-order valence-corrected chi connectivity index (χ1v) is 8.20. The van der Waals surface area contributed by atoms with Gasteiger partial charge in [-0.25, -0.2) is 4.98 Å². The lowest BCUT2D eigenvalue weighted by molar-refractivity contribution is 0.0992. The van der Waals surface area contributed by atoms with Gasteiger partial charge in [-0.3, -0.25) is 14.8 Å². The van der Waals surface area contributed by atoms with Crippen LogP contribution in [0.15, 0.2) is 61.2 Å². The Balaban J connectivity index is 1.70. The summed E-state index contributed by atoms with van der Waals surface area (Å²) in [4.78, 5) is 25.7. The number of Topliss-reactive ketones (excluding diaryl/α,β-unsaturated/α-hetero) is 1. The predicted molar refractivity (Wildman–Crippen MR) is 103 cm³/mol. The van der Waals surface area contributed by atoms with Crippen LogP contribution in [0.4, 0.5) is 0 Å². The summed E-state index contributed by atoms with van der Waals surface area (Å²) < 4.78 is 38.9. The van der Waals surface area contributed by atoms with Crippen molar-refractivity contribution in [1.82, 2.24) is 19.5 Å². The number of hydrogen-bond acceptors (Lipinski definition) is 5. The van der Waals surface area contributed by atoms with Gasteiger partial charge in [0.1, 0.15) is 5.75 Å². The number of nitrogens with zero attached hydrogens (tertiary/aromatic N) is 4.